The van der Waals surface area contributed by atoms with Crippen LogP contribution in [-0.4, -0.2) is 9.59 Å². The van der Waals surface area contributed by atoms with Crippen molar-refractivity contribution in [2.24, 2.45) is 5.73 Å². The first-order valence-corrected chi connectivity index (χ1v) is 4.10. The molecule has 1 atom stereocenters. The van der Waals surface area contributed by atoms with Crippen LogP contribution in [0.25, 0.3) is 0 Å². The van der Waals surface area contributed by atoms with E-state index in [1.807, 2.05) is 13.8 Å². The number of aromatic nitrogens is 2. The Balaban J connectivity index is 2.92. The number of hydrogen-bond donors (Lipinski definition) is 1. The lowest BCUT2D eigenvalue weighted by Gasteiger charge is -2.07. The van der Waals surface area contributed by atoms with Crippen molar-refractivity contribution in [2.75, 3.05) is 0 Å². The predicted octanol–water partition coefficient (Wildman–Crippen LogP) is 1.42. The fourth-order valence-corrected chi connectivity index (χ4v) is 1.49. The second-order valence-electron chi connectivity index (χ2n) is 2.55. The molecule has 0 aliphatic rings. The summed E-state index contributed by atoms with van der Waals surface area (Å²) in [6.07, 6.45) is 0. The summed E-state index contributed by atoms with van der Waals surface area (Å²) in [5, 5.41) is 3.87. The van der Waals surface area contributed by atoms with E-state index in [4.69, 9.17) is 5.73 Å². The monoisotopic (exact) mass is 169 g/mol. The zero-order valence-electron chi connectivity index (χ0n) is 6.66. The van der Waals surface area contributed by atoms with E-state index in [1.54, 1.807) is 0 Å². The van der Waals surface area contributed by atoms with Gasteiger partial charge in [0.15, 0.2) is 0 Å². The number of hydrogen-bond acceptors (Lipinski definition) is 4. The van der Waals surface area contributed by atoms with Gasteiger partial charge in [0, 0.05) is 0 Å². The smallest absolute Gasteiger partial charge is 0.0776 e. The molecule has 0 saturated heterocycles. The van der Waals surface area contributed by atoms with Crippen LogP contribution in [0, 0.1) is 6.92 Å². The van der Waals surface area contributed by atoms with Crippen LogP contribution in [0.3, 0.4) is 0 Å². The van der Waals surface area contributed by atoms with E-state index >= 15 is 0 Å². The molecule has 1 rings (SSSR count). The topological polar surface area (TPSA) is 51.8 Å². The molecule has 0 aliphatic heterocycles. The van der Waals surface area contributed by atoms with Crippen LogP contribution in [0.5, 0.6) is 0 Å². The van der Waals surface area contributed by atoms with E-state index in [9.17, 15) is 0 Å². The van der Waals surface area contributed by atoms with Crippen molar-refractivity contribution in [3.63, 3.8) is 0 Å². The highest BCUT2D eigenvalue weighted by molar-refractivity contribution is 7.05. The van der Waals surface area contributed by atoms with E-state index in [1.165, 1.54) is 11.5 Å². The fourth-order valence-electron chi connectivity index (χ4n) is 0.747. The Kier molecular flexibility index (Phi) is 2.36. The second kappa shape index (κ2) is 3.11. The first-order chi connectivity index (χ1) is 5.13. The third kappa shape index (κ3) is 1.64. The molecule has 0 aromatic carbocycles. The summed E-state index contributed by atoms with van der Waals surface area (Å²) in [5.41, 5.74) is 7.67. The summed E-state index contributed by atoms with van der Waals surface area (Å²) in [7, 11) is 0. The minimum atomic E-state index is -0.102. The van der Waals surface area contributed by atoms with E-state index in [-0.39, 0.29) is 6.04 Å². The minimum absolute atomic E-state index is 0.102. The third-order valence-corrected chi connectivity index (χ3v) is 2.41. The van der Waals surface area contributed by atoms with Gasteiger partial charge in [0.2, 0.25) is 0 Å². The van der Waals surface area contributed by atoms with Gasteiger partial charge >= 0.3 is 0 Å². The average molecular weight is 169 g/mol. The number of rotatable bonds is 2. The van der Waals surface area contributed by atoms with Gasteiger partial charge < -0.3 is 5.73 Å². The number of nitrogens with zero attached hydrogens (tertiary/aromatic N) is 2. The quantitative estimate of drug-likeness (QED) is 0.681. The Bertz CT molecular complexity index is 266. The molecular weight excluding hydrogens is 158 g/mol. The third-order valence-electron chi connectivity index (χ3n) is 1.50. The fraction of sp³-hybridized carbons (Fsp3) is 0.429. The predicted molar refractivity (Wildman–Crippen MR) is 46.4 cm³/mol. The lowest BCUT2D eigenvalue weighted by Crippen LogP contribution is -2.10. The van der Waals surface area contributed by atoms with E-state index in [2.05, 4.69) is 16.2 Å². The van der Waals surface area contributed by atoms with E-state index in [0.717, 1.165) is 16.1 Å². The van der Waals surface area contributed by atoms with Gasteiger partial charge in [0.25, 0.3) is 0 Å². The maximum atomic E-state index is 5.81. The molecule has 0 saturated carbocycles. The van der Waals surface area contributed by atoms with Gasteiger partial charge in [-0.3, -0.25) is 0 Å². The molecule has 0 amide bonds. The molecule has 11 heavy (non-hydrogen) atoms. The lowest BCUT2D eigenvalue weighted by molar-refractivity contribution is 0.854. The van der Waals surface area contributed by atoms with Crippen LogP contribution in [0.2, 0.25) is 0 Å². The van der Waals surface area contributed by atoms with Gasteiger partial charge in [-0.2, -0.15) is 0 Å². The molecule has 1 heterocycles. The zero-order chi connectivity index (χ0) is 8.43. The average Bonchev–Trinajstić information content (AvgIpc) is 2.33. The Morgan fingerprint density at radius 3 is 2.73 bits per heavy atom. The van der Waals surface area contributed by atoms with Crippen molar-refractivity contribution < 1.29 is 0 Å². The van der Waals surface area contributed by atoms with Gasteiger partial charge in [-0.25, -0.2) is 0 Å². The molecule has 0 radical (unpaired) electrons. The number of aryl methyl sites for hydroxylation is 1. The molecule has 60 valence electrons. The van der Waals surface area contributed by atoms with Crippen molar-refractivity contribution in [1.82, 2.24) is 9.59 Å². The Morgan fingerprint density at radius 1 is 1.73 bits per heavy atom. The van der Waals surface area contributed by atoms with Gasteiger partial charge in [-0.15, -0.1) is 5.10 Å². The second-order valence-corrected chi connectivity index (χ2v) is 3.33. The summed E-state index contributed by atoms with van der Waals surface area (Å²) < 4.78 is 3.80. The largest absolute Gasteiger partial charge is 0.320 e. The lowest BCUT2D eigenvalue weighted by atomic mass is 10.1. The highest BCUT2D eigenvalue weighted by Crippen LogP contribution is 2.22. The zero-order valence-corrected chi connectivity index (χ0v) is 7.48. The normalized spacial score (nSPS) is 13.0. The Labute approximate surface area is 70.1 Å². The SMILES string of the molecule is C=C(C)C(N)c1snnc1C. The summed E-state index contributed by atoms with van der Waals surface area (Å²) in [5.74, 6) is 0. The van der Waals surface area contributed by atoms with Gasteiger partial charge in [0.05, 0.1) is 16.6 Å². The van der Waals surface area contributed by atoms with Gasteiger partial charge in [-0.1, -0.05) is 16.6 Å². The van der Waals surface area contributed by atoms with Gasteiger partial charge in [0.1, 0.15) is 0 Å². The van der Waals surface area contributed by atoms with Crippen LogP contribution in [0.4, 0.5) is 0 Å². The summed E-state index contributed by atoms with van der Waals surface area (Å²) in [4.78, 5) is 1.01. The molecule has 3 nitrogen and oxygen atoms in total. The molecule has 1 aromatic heterocycles. The molecule has 1 aromatic rings. The molecule has 1 unspecified atom stereocenters. The van der Waals surface area contributed by atoms with Crippen molar-refractivity contribution in [2.45, 2.75) is 19.9 Å². The Morgan fingerprint density at radius 2 is 2.36 bits per heavy atom. The Hall–Kier alpha value is -0.740. The standard InChI is InChI=1S/C7H11N3S/c1-4(2)6(8)7-5(3)9-10-11-7/h6H,1,8H2,2-3H3. The molecular formula is C7H11N3S. The van der Waals surface area contributed by atoms with Crippen LogP contribution in [0.1, 0.15) is 23.5 Å². The highest BCUT2D eigenvalue weighted by atomic mass is 32.1. The van der Waals surface area contributed by atoms with Crippen molar-refractivity contribution >= 4 is 11.5 Å². The maximum Gasteiger partial charge on any atom is 0.0776 e. The molecule has 4 heteroatoms. The minimum Gasteiger partial charge on any atom is -0.320 e. The number of nitrogens with two attached hydrogens (primary N) is 1. The molecule has 0 aliphatic carbocycles. The van der Waals surface area contributed by atoms with Crippen molar-refractivity contribution in [3.05, 3.63) is 22.7 Å². The van der Waals surface area contributed by atoms with E-state index in [0.29, 0.717) is 0 Å². The van der Waals surface area contributed by atoms with Crippen molar-refractivity contribution in [1.29, 1.82) is 0 Å². The molecule has 0 fully saturated rings. The molecule has 0 bridgehead atoms. The summed E-state index contributed by atoms with van der Waals surface area (Å²) >= 11 is 1.34. The molecule has 2 N–H and O–H groups in total. The summed E-state index contributed by atoms with van der Waals surface area (Å²) in [6, 6.07) is -0.102. The van der Waals surface area contributed by atoms with E-state index < -0.39 is 0 Å². The summed E-state index contributed by atoms with van der Waals surface area (Å²) in [6.45, 7) is 7.59. The van der Waals surface area contributed by atoms with Crippen LogP contribution < -0.4 is 5.73 Å². The van der Waals surface area contributed by atoms with Crippen LogP contribution in [0.15, 0.2) is 12.2 Å². The first kappa shape index (κ1) is 8.36. The maximum absolute atomic E-state index is 5.81. The molecule has 0 spiro atoms. The van der Waals surface area contributed by atoms with Crippen LogP contribution in [-0.2, 0) is 0 Å². The van der Waals surface area contributed by atoms with Crippen LogP contribution >= 0.6 is 11.5 Å². The highest BCUT2D eigenvalue weighted by Gasteiger charge is 2.12. The van der Waals surface area contributed by atoms with Crippen molar-refractivity contribution in [3.8, 4) is 0 Å². The first-order valence-electron chi connectivity index (χ1n) is 3.32. The van der Waals surface area contributed by atoms with Gasteiger partial charge in [-0.05, 0) is 25.4 Å².